The largest absolute Gasteiger partial charge is 0.448 e. The number of amides is 1. The second-order valence-electron chi connectivity index (χ2n) is 9.48. The van der Waals surface area contributed by atoms with E-state index in [9.17, 15) is 18.0 Å². The molecule has 1 aliphatic carbocycles. The van der Waals surface area contributed by atoms with E-state index in [-0.39, 0.29) is 30.7 Å². The number of rotatable bonds is 3. The Morgan fingerprint density at radius 3 is 2.11 bits per heavy atom. The number of hydrogen-bond acceptors (Lipinski definition) is 2. The van der Waals surface area contributed by atoms with E-state index in [4.69, 9.17) is 4.74 Å². The Morgan fingerprint density at radius 2 is 1.51 bits per heavy atom. The molecule has 178 valence electrons. The Balaban J connectivity index is 1.18. The molecule has 3 aromatic carbocycles. The van der Waals surface area contributed by atoms with Gasteiger partial charge in [-0.05, 0) is 64.8 Å². The maximum Gasteiger partial charge on any atom is 0.416 e. The highest BCUT2D eigenvalue weighted by molar-refractivity contribution is 5.79. The number of fused-ring (bicyclic) bond motifs is 5. The minimum absolute atomic E-state index is 0.00190. The molecule has 2 unspecified atom stereocenters. The van der Waals surface area contributed by atoms with Crippen LogP contribution in [0.4, 0.5) is 18.0 Å². The maximum atomic E-state index is 13.2. The average molecular weight is 476 g/mol. The zero-order valence-electron chi connectivity index (χ0n) is 19.0. The lowest BCUT2D eigenvalue weighted by molar-refractivity contribution is -0.137. The molecule has 6 rings (SSSR count). The number of benzene rings is 3. The van der Waals surface area contributed by atoms with Gasteiger partial charge in [-0.2, -0.15) is 13.2 Å². The van der Waals surface area contributed by atoms with Gasteiger partial charge in [-0.1, -0.05) is 66.7 Å². The zero-order valence-corrected chi connectivity index (χ0v) is 19.0. The van der Waals surface area contributed by atoms with Crippen LogP contribution in [0.25, 0.3) is 16.7 Å². The van der Waals surface area contributed by atoms with Gasteiger partial charge in [0.1, 0.15) is 6.61 Å². The molecule has 0 aromatic heterocycles. The fraction of sp³-hybridized carbons (Fsp3) is 0.276. The topological polar surface area (TPSA) is 29.5 Å². The van der Waals surface area contributed by atoms with E-state index in [0.717, 1.165) is 36.1 Å². The highest BCUT2D eigenvalue weighted by Crippen LogP contribution is 2.45. The van der Waals surface area contributed by atoms with Gasteiger partial charge in [-0.15, -0.1) is 0 Å². The molecule has 2 bridgehead atoms. The smallest absolute Gasteiger partial charge is 0.416 e. The van der Waals surface area contributed by atoms with Crippen molar-refractivity contribution in [2.24, 2.45) is 0 Å². The molecule has 2 heterocycles. The maximum absolute atomic E-state index is 13.2. The summed E-state index contributed by atoms with van der Waals surface area (Å²) in [5, 5.41) is 0. The summed E-state index contributed by atoms with van der Waals surface area (Å²) in [6.45, 7) is 0.276. The molecule has 2 atom stereocenters. The number of alkyl halides is 3. The molecule has 0 saturated carbocycles. The van der Waals surface area contributed by atoms with Gasteiger partial charge in [-0.25, -0.2) is 4.79 Å². The summed E-state index contributed by atoms with van der Waals surface area (Å²) in [7, 11) is 0. The van der Waals surface area contributed by atoms with E-state index >= 15 is 0 Å². The second kappa shape index (κ2) is 8.29. The van der Waals surface area contributed by atoms with Crippen molar-refractivity contribution < 1.29 is 22.7 Å². The standard InChI is InChI=1S/C29H24F3NO2/c30-29(31,32)20-11-9-18(10-12-20)19-15-21-13-14-22(16-19)33(21)28(34)35-17-27-25-7-3-1-5-23(25)24-6-2-4-8-26(24)27/h1-12,15,21-22,27H,13-14,16-17H2. The van der Waals surface area contributed by atoms with Crippen LogP contribution in [0.3, 0.4) is 0 Å². The summed E-state index contributed by atoms with van der Waals surface area (Å²) >= 11 is 0. The Hall–Kier alpha value is -3.54. The SMILES string of the molecule is O=C(OCC1c2ccccc2-c2ccccc21)N1C2C=C(c3ccc(C(F)(F)F)cc3)CC1CC2. The van der Waals surface area contributed by atoms with Crippen LogP contribution in [0, 0.1) is 0 Å². The Morgan fingerprint density at radius 1 is 0.886 bits per heavy atom. The minimum atomic E-state index is -4.35. The Kier molecular flexibility index (Phi) is 5.20. The summed E-state index contributed by atoms with van der Waals surface area (Å²) in [5.74, 6) is 0.00652. The molecule has 3 aromatic rings. The summed E-state index contributed by atoms with van der Waals surface area (Å²) in [6.07, 6.45) is -0.338. The van der Waals surface area contributed by atoms with Gasteiger partial charge in [-0.3, -0.25) is 4.90 Å². The summed E-state index contributed by atoms with van der Waals surface area (Å²) in [4.78, 5) is 15.0. The first kappa shape index (κ1) is 22.0. The summed E-state index contributed by atoms with van der Waals surface area (Å²) < 4.78 is 44.6. The van der Waals surface area contributed by atoms with Crippen LogP contribution in [0.2, 0.25) is 0 Å². The Bertz CT molecular complexity index is 1270. The van der Waals surface area contributed by atoms with E-state index in [0.29, 0.717) is 6.42 Å². The van der Waals surface area contributed by atoms with Crippen LogP contribution in [-0.4, -0.2) is 29.7 Å². The van der Waals surface area contributed by atoms with Crippen LogP contribution >= 0.6 is 0 Å². The minimum Gasteiger partial charge on any atom is -0.448 e. The van der Waals surface area contributed by atoms with E-state index in [1.165, 1.54) is 34.4 Å². The number of halogens is 3. The molecule has 0 radical (unpaired) electrons. The molecule has 2 aliphatic heterocycles. The van der Waals surface area contributed by atoms with Gasteiger partial charge in [0.15, 0.2) is 0 Å². The van der Waals surface area contributed by atoms with Crippen LogP contribution in [0.1, 0.15) is 47.4 Å². The van der Waals surface area contributed by atoms with Gasteiger partial charge >= 0.3 is 12.3 Å². The highest BCUT2D eigenvalue weighted by Gasteiger charge is 2.41. The van der Waals surface area contributed by atoms with Crippen molar-refractivity contribution in [3.8, 4) is 11.1 Å². The normalized spacial score (nSPS) is 20.9. The molecular weight excluding hydrogens is 451 g/mol. The molecule has 0 N–H and O–H groups in total. The molecule has 1 amide bonds. The molecule has 1 fully saturated rings. The number of ether oxygens (including phenoxy) is 1. The quantitative estimate of drug-likeness (QED) is 0.399. The predicted molar refractivity (Wildman–Crippen MR) is 128 cm³/mol. The van der Waals surface area contributed by atoms with Crippen molar-refractivity contribution in [3.63, 3.8) is 0 Å². The van der Waals surface area contributed by atoms with Gasteiger partial charge in [0.2, 0.25) is 0 Å². The number of hydrogen-bond donors (Lipinski definition) is 0. The van der Waals surface area contributed by atoms with E-state index in [1.54, 1.807) is 0 Å². The Labute approximate surface area is 201 Å². The molecule has 6 heteroatoms. The van der Waals surface area contributed by atoms with E-state index < -0.39 is 11.7 Å². The van der Waals surface area contributed by atoms with Crippen LogP contribution in [0.5, 0.6) is 0 Å². The molecule has 35 heavy (non-hydrogen) atoms. The zero-order chi connectivity index (χ0) is 24.2. The lowest BCUT2D eigenvalue weighted by Crippen LogP contribution is -2.43. The third-order valence-electron chi connectivity index (χ3n) is 7.53. The predicted octanol–water partition coefficient (Wildman–Crippen LogP) is 7.27. The van der Waals surface area contributed by atoms with Gasteiger partial charge < -0.3 is 4.74 Å². The van der Waals surface area contributed by atoms with Crippen LogP contribution < -0.4 is 0 Å². The lowest BCUT2D eigenvalue weighted by Gasteiger charge is -2.33. The van der Waals surface area contributed by atoms with Crippen molar-refractivity contribution in [1.82, 2.24) is 4.90 Å². The van der Waals surface area contributed by atoms with E-state index in [2.05, 4.69) is 24.3 Å². The monoisotopic (exact) mass is 475 g/mol. The molecule has 1 saturated heterocycles. The lowest BCUT2D eigenvalue weighted by atomic mass is 9.94. The van der Waals surface area contributed by atoms with E-state index in [1.807, 2.05) is 35.2 Å². The first-order chi connectivity index (χ1) is 16.9. The fourth-order valence-electron chi connectivity index (χ4n) is 5.87. The highest BCUT2D eigenvalue weighted by atomic mass is 19.4. The first-order valence-electron chi connectivity index (χ1n) is 11.9. The van der Waals surface area contributed by atoms with Crippen LogP contribution in [0.15, 0.2) is 78.9 Å². The molecule has 3 nitrogen and oxygen atoms in total. The third-order valence-corrected chi connectivity index (χ3v) is 7.53. The van der Waals surface area contributed by atoms with Gasteiger partial charge in [0.05, 0.1) is 11.6 Å². The third kappa shape index (κ3) is 3.81. The number of nitrogens with zero attached hydrogens (tertiary/aromatic N) is 1. The summed E-state index contributed by atoms with van der Waals surface area (Å²) in [6, 6.07) is 21.7. The van der Waals surface area contributed by atoms with Crippen molar-refractivity contribution in [3.05, 3.63) is 101 Å². The van der Waals surface area contributed by atoms with Crippen molar-refractivity contribution in [2.45, 2.75) is 43.4 Å². The van der Waals surface area contributed by atoms with Gasteiger partial charge in [0.25, 0.3) is 0 Å². The first-order valence-corrected chi connectivity index (χ1v) is 11.9. The number of carbonyl (C=O) groups excluding carboxylic acids is 1. The second-order valence-corrected chi connectivity index (χ2v) is 9.48. The van der Waals surface area contributed by atoms with Crippen LogP contribution in [-0.2, 0) is 10.9 Å². The van der Waals surface area contributed by atoms with Crippen molar-refractivity contribution in [1.29, 1.82) is 0 Å². The van der Waals surface area contributed by atoms with Crippen molar-refractivity contribution in [2.75, 3.05) is 6.61 Å². The fourth-order valence-corrected chi connectivity index (χ4v) is 5.87. The molecular formula is C29H24F3NO2. The number of carbonyl (C=O) groups is 1. The summed E-state index contributed by atoms with van der Waals surface area (Å²) in [5.41, 5.74) is 5.84. The van der Waals surface area contributed by atoms with Crippen molar-refractivity contribution >= 4 is 11.7 Å². The average Bonchev–Trinajstić information content (AvgIpc) is 3.32. The van der Waals surface area contributed by atoms with Gasteiger partial charge in [0, 0.05) is 12.0 Å². The molecule has 0 spiro atoms. The molecule has 3 aliphatic rings.